The Labute approximate surface area is 210 Å². The Morgan fingerprint density at radius 2 is 1.69 bits per heavy atom. The van der Waals surface area contributed by atoms with E-state index in [1.165, 1.54) is 19.0 Å². The number of nitrogens with zero attached hydrogens (tertiary/aromatic N) is 3. The summed E-state index contributed by atoms with van der Waals surface area (Å²) in [6.07, 6.45) is 1.32. The van der Waals surface area contributed by atoms with E-state index in [1.807, 2.05) is 63.2 Å². The first-order valence-corrected chi connectivity index (χ1v) is 13.3. The monoisotopic (exact) mass is 502 g/mol. The second-order valence-electron chi connectivity index (χ2n) is 8.88. The fourth-order valence-electron chi connectivity index (χ4n) is 3.66. The molecule has 0 aliphatic heterocycles. The van der Waals surface area contributed by atoms with Gasteiger partial charge >= 0.3 is 10.2 Å². The van der Waals surface area contributed by atoms with Crippen LogP contribution in [-0.4, -0.2) is 69.2 Å². The van der Waals surface area contributed by atoms with Crippen molar-refractivity contribution in [3.05, 3.63) is 65.2 Å². The van der Waals surface area contributed by atoms with Crippen LogP contribution in [0.25, 0.3) is 0 Å². The van der Waals surface area contributed by atoms with Gasteiger partial charge in [0.1, 0.15) is 12.6 Å². The maximum absolute atomic E-state index is 13.7. The molecule has 0 fully saturated rings. The van der Waals surface area contributed by atoms with Gasteiger partial charge in [0.05, 0.1) is 5.69 Å². The van der Waals surface area contributed by atoms with Crippen LogP contribution in [0.15, 0.2) is 48.5 Å². The molecule has 0 bridgehead atoms. The Kier molecular flexibility index (Phi) is 10.3. The minimum atomic E-state index is -3.97. The second-order valence-corrected chi connectivity index (χ2v) is 10.9. The number of carbonyl (C=O) groups excluding carboxylic acids is 2. The van der Waals surface area contributed by atoms with Gasteiger partial charge in [0, 0.05) is 27.2 Å². The molecule has 1 atom stereocenters. The Balaban J connectivity index is 2.41. The zero-order valence-electron chi connectivity index (χ0n) is 21.6. The summed E-state index contributed by atoms with van der Waals surface area (Å²) in [5.41, 5.74) is 3.08. The molecule has 2 aromatic rings. The lowest BCUT2D eigenvalue weighted by Crippen LogP contribution is -2.53. The number of hydrogen-bond donors (Lipinski definition) is 1. The average molecular weight is 503 g/mol. The number of nitrogens with one attached hydrogen (secondary N) is 1. The predicted octanol–water partition coefficient (Wildman–Crippen LogP) is 2.90. The van der Waals surface area contributed by atoms with Crippen LogP contribution >= 0.6 is 0 Å². The molecule has 8 nitrogen and oxygen atoms in total. The summed E-state index contributed by atoms with van der Waals surface area (Å²) in [7, 11) is -1.10. The van der Waals surface area contributed by atoms with Crippen molar-refractivity contribution in [1.82, 2.24) is 14.5 Å². The van der Waals surface area contributed by atoms with Gasteiger partial charge in [0.25, 0.3) is 0 Å². The van der Waals surface area contributed by atoms with Gasteiger partial charge in [0.2, 0.25) is 11.8 Å². The third-order valence-corrected chi connectivity index (χ3v) is 7.66. The Morgan fingerprint density at radius 3 is 2.29 bits per heavy atom. The van der Waals surface area contributed by atoms with Gasteiger partial charge in [-0.15, -0.1) is 0 Å². The summed E-state index contributed by atoms with van der Waals surface area (Å²) in [4.78, 5) is 27.9. The highest BCUT2D eigenvalue weighted by molar-refractivity contribution is 7.90. The van der Waals surface area contributed by atoms with Gasteiger partial charge in [-0.25, -0.2) is 4.31 Å². The first kappa shape index (κ1) is 28.3. The summed E-state index contributed by atoms with van der Waals surface area (Å²) in [5.74, 6) is -0.701. The number of benzene rings is 2. The van der Waals surface area contributed by atoms with Gasteiger partial charge in [-0.1, -0.05) is 49.4 Å². The second kappa shape index (κ2) is 12.7. The molecule has 2 rings (SSSR count). The molecule has 192 valence electrons. The highest BCUT2D eigenvalue weighted by Gasteiger charge is 2.33. The highest BCUT2D eigenvalue weighted by Crippen LogP contribution is 2.25. The number of carbonyl (C=O) groups is 2. The van der Waals surface area contributed by atoms with Gasteiger partial charge < -0.3 is 10.2 Å². The van der Waals surface area contributed by atoms with Crippen molar-refractivity contribution in [2.24, 2.45) is 0 Å². The van der Waals surface area contributed by atoms with Crippen LogP contribution < -0.4 is 9.62 Å². The Hall–Kier alpha value is -2.91. The maximum Gasteiger partial charge on any atom is 0.304 e. The van der Waals surface area contributed by atoms with Crippen LogP contribution in [0.3, 0.4) is 0 Å². The molecule has 0 aliphatic rings. The number of amides is 2. The van der Waals surface area contributed by atoms with E-state index in [2.05, 4.69) is 5.32 Å². The van der Waals surface area contributed by atoms with Crippen molar-refractivity contribution in [3.63, 3.8) is 0 Å². The summed E-state index contributed by atoms with van der Waals surface area (Å²) < 4.78 is 28.8. The molecule has 0 heterocycles. The number of rotatable bonds is 12. The van der Waals surface area contributed by atoms with Crippen molar-refractivity contribution in [2.75, 3.05) is 38.0 Å². The smallest absolute Gasteiger partial charge is 0.304 e. The zero-order chi connectivity index (χ0) is 26.2. The summed E-state index contributed by atoms with van der Waals surface area (Å²) in [6.45, 7) is 7.70. The Morgan fingerprint density at radius 1 is 1.03 bits per heavy atom. The molecule has 2 aromatic carbocycles. The standard InChI is InChI=1S/C26H38N4O4S/c1-7-16-27-26(32)22(4)29(17-15-23-11-9-8-10-12-23)25(31)19-30(35(33,34)28(5)6)24-18-20(2)13-14-21(24)3/h8-14,18,22H,7,15-17,19H2,1-6H3,(H,27,32). The van der Waals surface area contributed by atoms with Crippen molar-refractivity contribution < 1.29 is 18.0 Å². The van der Waals surface area contributed by atoms with Crippen molar-refractivity contribution in [2.45, 2.75) is 46.6 Å². The minimum Gasteiger partial charge on any atom is -0.354 e. The molecule has 0 radical (unpaired) electrons. The van der Waals surface area contributed by atoms with Crippen LogP contribution in [0.2, 0.25) is 0 Å². The van der Waals surface area contributed by atoms with Gasteiger partial charge in [-0.05, 0) is 56.4 Å². The van der Waals surface area contributed by atoms with E-state index < -0.39 is 28.7 Å². The van der Waals surface area contributed by atoms with Gasteiger partial charge in [0.15, 0.2) is 0 Å². The van der Waals surface area contributed by atoms with Crippen LogP contribution in [-0.2, 0) is 26.2 Å². The van der Waals surface area contributed by atoms with Crippen LogP contribution in [0.4, 0.5) is 5.69 Å². The maximum atomic E-state index is 13.7. The van der Waals surface area contributed by atoms with Crippen molar-refractivity contribution in [3.8, 4) is 0 Å². The molecule has 1 N–H and O–H groups in total. The molecule has 0 saturated carbocycles. The summed E-state index contributed by atoms with van der Waals surface area (Å²) in [5, 5.41) is 2.84. The number of anilines is 1. The van der Waals surface area contributed by atoms with Crippen molar-refractivity contribution in [1.29, 1.82) is 0 Å². The quantitative estimate of drug-likeness (QED) is 0.483. The molecular weight excluding hydrogens is 464 g/mol. The van der Waals surface area contributed by atoms with Crippen LogP contribution in [0.1, 0.15) is 37.0 Å². The highest BCUT2D eigenvalue weighted by atomic mass is 32.2. The minimum absolute atomic E-state index is 0.262. The fourth-order valence-corrected chi connectivity index (χ4v) is 4.77. The molecule has 0 aromatic heterocycles. The Bertz CT molecular complexity index is 1100. The van der Waals surface area contributed by atoms with Crippen molar-refractivity contribution >= 4 is 27.7 Å². The van der Waals surface area contributed by atoms with E-state index in [1.54, 1.807) is 13.0 Å². The lowest BCUT2D eigenvalue weighted by Gasteiger charge is -2.33. The van der Waals surface area contributed by atoms with E-state index >= 15 is 0 Å². The van der Waals surface area contributed by atoms with E-state index in [0.29, 0.717) is 18.7 Å². The molecular formula is C26H38N4O4S. The normalized spacial score (nSPS) is 12.3. The largest absolute Gasteiger partial charge is 0.354 e. The molecule has 0 aliphatic carbocycles. The topological polar surface area (TPSA) is 90.0 Å². The zero-order valence-corrected chi connectivity index (χ0v) is 22.4. The molecule has 0 saturated heterocycles. The van der Waals surface area contributed by atoms with Crippen LogP contribution in [0, 0.1) is 13.8 Å². The van der Waals surface area contributed by atoms with Gasteiger partial charge in [-0.2, -0.15) is 12.7 Å². The summed E-state index contributed by atoms with van der Waals surface area (Å²) >= 11 is 0. The number of aryl methyl sites for hydroxylation is 2. The van der Waals surface area contributed by atoms with E-state index in [4.69, 9.17) is 0 Å². The van der Waals surface area contributed by atoms with E-state index in [9.17, 15) is 18.0 Å². The van der Waals surface area contributed by atoms with Crippen LogP contribution in [0.5, 0.6) is 0 Å². The predicted molar refractivity (Wildman–Crippen MR) is 140 cm³/mol. The molecule has 2 amide bonds. The third-order valence-electron chi connectivity index (χ3n) is 5.85. The average Bonchev–Trinajstić information content (AvgIpc) is 2.83. The first-order chi connectivity index (χ1) is 16.5. The molecule has 1 unspecified atom stereocenters. The lowest BCUT2D eigenvalue weighted by atomic mass is 10.1. The van der Waals surface area contributed by atoms with E-state index in [0.717, 1.165) is 31.7 Å². The van der Waals surface area contributed by atoms with Gasteiger partial charge in [-0.3, -0.25) is 9.59 Å². The third kappa shape index (κ3) is 7.53. The first-order valence-electron chi connectivity index (χ1n) is 11.9. The molecule has 35 heavy (non-hydrogen) atoms. The summed E-state index contributed by atoms with van der Waals surface area (Å²) in [6, 6.07) is 14.4. The van der Waals surface area contributed by atoms with E-state index in [-0.39, 0.29) is 12.5 Å². The fraction of sp³-hybridized carbons (Fsp3) is 0.462. The number of hydrogen-bond acceptors (Lipinski definition) is 4. The lowest BCUT2D eigenvalue weighted by molar-refractivity contribution is -0.138. The molecule has 9 heteroatoms. The molecule has 0 spiro atoms. The SMILES string of the molecule is CCCNC(=O)C(C)N(CCc1ccccc1)C(=O)CN(c1cc(C)ccc1C)S(=O)(=O)N(C)C.